The van der Waals surface area contributed by atoms with Crippen molar-refractivity contribution in [3.63, 3.8) is 0 Å². The van der Waals surface area contributed by atoms with E-state index >= 15 is 0 Å². The molecule has 1 saturated heterocycles. The van der Waals surface area contributed by atoms with Gasteiger partial charge in [-0.1, -0.05) is 12.1 Å². The predicted octanol–water partition coefficient (Wildman–Crippen LogP) is 4.07. The molecule has 1 aromatic carbocycles. The van der Waals surface area contributed by atoms with Gasteiger partial charge in [0.15, 0.2) is 11.5 Å². The molecule has 1 fully saturated rings. The van der Waals surface area contributed by atoms with Gasteiger partial charge in [0.25, 0.3) is 0 Å². The molecule has 1 aliphatic heterocycles. The third-order valence-electron chi connectivity index (χ3n) is 5.08. The number of nitrogens with one attached hydrogen (secondary N) is 1. The van der Waals surface area contributed by atoms with Gasteiger partial charge in [-0.3, -0.25) is 0 Å². The van der Waals surface area contributed by atoms with Crippen LogP contribution >= 0.6 is 11.3 Å². The highest BCUT2D eigenvalue weighted by molar-refractivity contribution is 7.08. The van der Waals surface area contributed by atoms with Crippen LogP contribution < -0.4 is 10.2 Å². The molecule has 142 valence electrons. The van der Waals surface area contributed by atoms with Gasteiger partial charge in [-0.25, -0.2) is 4.39 Å². The maximum atomic E-state index is 13.9. The summed E-state index contributed by atoms with van der Waals surface area (Å²) in [5.41, 5.74) is 2.33. The third kappa shape index (κ3) is 3.20. The highest BCUT2D eigenvalue weighted by Gasteiger charge is 2.22. The minimum atomic E-state index is -0.203. The molecular formula is C20H19FN6S. The van der Waals surface area contributed by atoms with Crippen LogP contribution in [0.25, 0.3) is 17.0 Å². The van der Waals surface area contributed by atoms with Crippen molar-refractivity contribution in [3.8, 4) is 11.4 Å². The minimum absolute atomic E-state index is 0.203. The number of piperidine rings is 1. The Kier molecular flexibility index (Phi) is 4.40. The van der Waals surface area contributed by atoms with Crippen LogP contribution in [-0.4, -0.2) is 38.9 Å². The van der Waals surface area contributed by atoms with Crippen LogP contribution in [0.5, 0.6) is 0 Å². The van der Waals surface area contributed by atoms with Crippen molar-refractivity contribution in [1.82, 2.24) is 19.8 Å². The fraction of sp³-hybridized carbons (Fsp3) is 0.250. The van der Waals surface area contributed by atoms with Gasteiger partial charge in [0.2, 0.25) is 0 Å². The van der Waals surface area contributed by atoms with Crippen molar-refractivity contribution in [2.75, 3.05) is 23.3 Å². The summed E-state index contributed by atoms with van der Waals surface area (Å²) in [6, 6.07) is 13.1. The second-order valence-corrected chi connectivity index (χ2v) is 7.66. The quantitative estimate of drug-likeness (QED) is 0.565. The molecule has 4 heterocycles. The summed E-state index contributed by atoms with van der Waals surface area (Å²) < 4.78 is 15.7. The van der Waals surface area contributed by atoms with Crippen molar-refractivity contribution < 1.29 is 4.39 Å². The van der Waals surface area contributed by atoms with Crippen LogP contribution in [0.1, 0.15) is 12.8 Å². The van der Waals surface area contributed by atoms with E-state index in [1.165, 1.54) is 6.07 Å². The summed E-state index contributed by atoms with van der Waals surface area (Å²) in [6.45, 7) is 1.72. The van der Waals surface area contributed by atoms with Gasteiger partial charge in [0.05, 0.1) is 5.69 Å². The summed E-state index contributed by atoms with van der Waals surface area (Å²) in [5, 5.41) is 20.7. The average molecular weight is 394 g/mol. The molecule has 0 aliphatic carbocycles. The lowest BCUT2D eigenvalue weighted by molar-refractivity contribution is 0.517. The van der Waals surface area contributed by atoms with Crippen molar-refractivity contribution in [2.45, 2.75) is 18.9 Å². The van der Waals surface area contributed by atoms with E-state index in [1.807, 2.05) is 35.0 Å². The lowest BCUT2D eigenvalue weighted by Gasteiger charge is -2.33. The first-order valence-corrected chi connectivity index (χ1v) is 10.2. The smallest absolute Gasteiger partial charge is 0.186 e. The molecule has 0 atom stereocenters. The zero-order valence-electron chi connectivity index (χ0n) is 15.1. The lowest BCUT2D eigenvalue weighted by Crippen LogP contribution is -2.39. The fourth-order valence-electron chi connectivity index (χ4n) is 3.57. The summed E-state index contributed by atoms with van der Waals surface area (Å²) in [4.78, 5) is 2.26. The molecule has 8 heteroatoms. The molecule has 0 bridgehead atoms. The van der Waals surface area contributed by atoms with Crippen molar-refractivity contribution in [2.24, 2.45) is 0 Å². The van der Waals surface area contributed by atoms with Crippen LogP contribution in [0, 0.1) is 5.82 Å². The van der Waals surface area contributed by atoms with E-state index in [9.17, 15) is 4.39 Å². The van der Waals surface area contributed by atoms with Crippen molar-refractivity contribution in [3.05, 3.63) is 59.0 Å². The van der Waals surface area contributed by atoms with Gasteiger partial charge >= 0.3 is 0 Å². The Labute approximate surface area is 165 Å². The van der Waals surface area contributed by atoms with E-state index in [0.717, 1.165) is 48.8 Å². The van der Waals surface area contributed by atoms with E-state index < -0.39 is 0 Å². The number of para-hydroxylation sites is 1. The zero-order chi connectivity index (χ0) is 18.9. The zero-order valence-corrected chi connectivity index (χ0v) is 15.9. The molecule has 0 spiro atoms. The topological polar surface area (TPSA) is 58.3 Å². The van der Waals surface area contributed by atoms with E-state index in [1.54, 1.807) is 28.0 Å². The van der Waals surface area contributed by atoms with Gasteiger partial charge in [0.1, 0.15) is 11.6 Å². The summed E-state index contributed by atoms with van der Waals surface area (Å²) in [5.74, 6) is 1.47. The van der Waals surface area contributed by atoms with Crippen LogP contribution in [0.3, 0.4) is 0 Å². The van der Waals surface area contributed by atoms with Gasteiger partial charge in [-0.2, -0.15) is 15.9 Å². The number of hydrogen-bond donors (Lipinski definition) is 1. The summed E-state index contributed by atoms with van der Waals surface area (Å²) in [7, 11) is 0. The first-order chi connectivity index (χ1) is 13.8. The molecule has 28 heavy (non-hydrogen) atoms. The van der Waals surface area contributed by atoms with Gasteiger partial charge in [-0.05, 0) is 48.6 Å². The maximum Gasteiger partial charge on any atom is 0.186 e. The van der Waals surface area contributed by atoms with Crippen molar-refractivity contribution >= 4 is 28.5 Å². The molecule has 4 aromatic rings. The Morgan fingerprint density at radius 2 is 1.89 bits per heavy atom. The molecule has 6 nitrogen and oxygen atoms in total. The highest BCUT2D eigenvalue weighted by Crippen LogP contribution is 2.24. The Bertz CT molecular complexity index is 1090. The molecule has 5 rings (SSSR count). The summed E-state index contributed by atoms with van der Waals surface area (Å²) >= 11 is 1.63. The predicted molar refractivity (Wildman–Crippen MR) is 109 cm³/mol. The lowest BCUT2D eigenvalue weighted by atomic mass is 10.0. The minimum Gasteiger partial charge on any atom is -0.380 e. The SMILES string of the molecule is Fc1ccccc1NC1CCN(c2ccc3nnc(-c4ccsc4)n3n2)CC1. The molecule has 3 aromatic heterocycles. The first kappa shape index (κ1) is 17.1. The Hall–Kier alpha value is -3.00. The number of aromatic nitrogens is 4. The number of halogens is 1. The van der Waals surface area contributed by atoms with E-state index in [2.05, 4.69) is 20.4 Å². The number of rotatable bonds is 4. The van der Waals surface area contributed by atoms with Crippen molar-refractivity contribution in [1.29, 1.82) is 0 Å². The molecule has 1 N–H and O–H groups in total. The number of thiophene rings is 1. The Morgan fingerprint density at radius 1 is 1.04 bits per heavy atom. The van der Waals surface area contributed by atoms with E-state index in [0.29, 0.717) is 5.69 Å². The van der Waals surface area contributed by atoms with E-state index in [4.69, 9.17) is 5.10 Å². The standard InChI is InChI=1S/C20H19FN6S/c21-16-3-1-2-4-17(16)22-15-7-10-26(11-8-15)19-6-5-18-23-24-20(27(18)25-19)14-9-12-28-13-14/h1-6,9,12-13,15,22H,7-8,10-11H2. The van der Waals surface area contributed by atoms with Crippen LogP contribution in [0.15, 0.2) is 53.2 Å². The molecule has 0 amide bonds. The molecule has 0 radical (unpaired) electrons. The van der Waals surface area contributed by atoms with Gasteiger partial charge in [-0.15, -0.1) is 15.3 Å². The molecule has 0 saturated carbocycles. The highest BCUT2D eigenvalue weighted by atomic mass is 32.1. The van der Waals surface area contributed by atoms with Crippen LogP contribution in [0.2, 0.25) is 0 Å². The van der Waals surface area contributed by atoms with Gasteiger partial charge < -0.3 is 10.2 Å². The average Bonchev–Trinajstić information content (AvgIpc) is 3.39. The summed E-state index contributed by atoms with van der Waals surface area (Å²) in [6.07, 6.45) is 1.85. The molecular weight excluding hydrogens is 375 g/mol. The Balaban J connectivity index is 1.32. The first-order valence-electron chi connectivity index (χ1n) is 9.29. The maximum absolute atomic E-state index is 13.9. The fourth-order valence-corrected chi connectivity index (χ4v) is 4.21. The monoisotopic (exact) mass is 394 g/mol. The number of hydrogen-bond acceptors (Lipinski definition) is 6. The normalized spacial score (nSPS) is 15.2. The van der Waals surface area contributed by atoms with Gasteiger partial charge in [0, 0.05) is 30.1 Å². The Morgan fingerprint density at radius 3 is 2.68 bits per heavy atom. The van der Waals surface area contributed by atoms with Crippen LogP contribution in [-0.2, 0) is 0 Å². The van der Waals surface area contributed by atoms with Crippen LogP contribution in [0.4, 0.5) is 15.9 Å². The number of anilines is 2. The molecule has 1 aliphatic rings. The number of nitrogens with zero attached hydrogens (tertiary/aromatic N) is 5. The van der Waals surface area contributed by atoms with E-state index in [-0.39, 0.29) is 11.9 Å². The largest absolute Gasteiger partial charge is 0.380 e. The second kappa shape index (κ2) is 7.20. The number of fused-ring (bicyclic) bond motifs is 1. The third-order valence-corrected chi connectivity index (χ3v) is 5.76. The second-order valence-electron chi connectivity index (χ2n) is 6.88. The number of benzene rings is 1. The molecule has 0 unspecified atom stereocenters.